The first-order valence-corrected chi connectivity index (χ1v) is 10.2. The number of amides is 1. The summed E-state index contributed by atoms with van der Waals surface area (Å²) < 4.78 is 33.3. The van der Waals surface area contributed by atoms with Crippen molar-refractivity contribution < 1.29 is 42.8 Å². The minimum atomic E-state index is -3.66. The second kappa shape index (κ2) is 9.42. The molecule has 1 atom stereocenters. The average molecular weight is 433 g/mol. The highest BCUT2D eigenvalue weighted by atomic mass is 32.2. The van der Waals surface area contributed by atoms with E-state index in [9.17, 15) is 23.1 Å². The van der Waals surface area contributed by atoms with E-state index in [1.165, 1.54) is 24.3 Å². The fourth-order valence-electron chi connectivity index (χ4n) is 2.18. The molecule has 164 valence electrons. The fourth-order valence-corrected chi connectivity index (χ4v) is 4.02. The highest BCUT2D eigenvalue weighted by molar-refractivity contribution is 7.93. The number of benzene rings is 1. The van der Waals surface area contributed by atoms with Crippen LogP contribution in [0.15, 0.2) is 29.2 Å². The van der Waals surface area contributed by atoms with Crippen molar-refractivity contribution >= 4 is 21.9 Å². The number of sulfone groups is 1. The normalized spacial score (nSPS) is 16.0. The summed E-state index contributed by atoms with van der Waals surface area (Å²) in [4.78, 5) is 20.5. The predicted molar refractivity (Wildman–Crippen MR) is 102 cm³/mol. The average Bonchev–Trinajstić information content (AvgIpc) is 3.40. The smallest absolute Gasteiger partial charge is 0.405 e. The first kappa shape index (κ1) is 24.7. The molecule has 0 heterocycles. The Morgan fingerprint density at radius 3 is 2.24 bits per heavy atom. The maximum absolute atomic E-state index is 12.4. The monoisotopic (exact) mass is 433 g/mol. The number of hydrogen-bond acceptors (Lipinski definition) is 8. The Balaban J connectivity index is 0.000000447. The molecule has 0 aliphatic heterocycles. The number of carbonyl (C=O) groups excluding carboxylic acids is 1. The number of primary amides is 1. The summed E-state index contributed by atoms with van der Waals surface area (Å²) in [6.07, 6.45) is -1.58. The van der Waals surface area contributed by atoms with Crippen LogP contribution in [0, 0.1) is 0 Å². The minimum absolute atomic E-state index is 0.0105. The molecule has 0 aromatic heterocycles. The lowest BCUT2D eigenvalue weighted by Gasteiger charge is -2.16. The molecule has 11 heteroatoms. The van der Waals surface area contributed by atoms with Crippen molar-refractivity contribution in [1.29, 1.82) is 0 Å². The number of aliphatic hydroxyl groups excluding tert-OH is 2. The number of ether oxygens (including phenoxy) is 2. The van der Waals surface area contributed by atoms with E-state index in [0.29, 0.717) is 12.8 Å². The third-order valence-corrected chi connectivity index (χ3v) is 6.43. The molecule has 0 spiro atoms. The number of nitrogens with two attached hydrogens (primary N) is 1. The molecule has 1 aliphatic carbocycles. The van der Waals surface area contributed by atoms with E-state index < -0.39 is 51.6 Å². The van der Waals surface area contributed by atoms with Gasteiger partial charge in [0.1, 0.15) is 18.0 Å². The maximum atomic E-state index is 12.4. The summed E-state index contributed by atoms with van der Waals surface area (Å²) in [5, 5.41) is 26.9. The van der Waals surface area contributed by atoms with Crippen molar-refractivity contribution in [1.82, 2.24) is 0 Å². The highest BCUT2D eigenvalue weighted by Gasteiger charge is 2.54. The molecule has 0 bridgehead atoms. The van der Waals surface area contributed by atoms with Crippen LogP contribution in [0.1, 0.15) is 33.6 Å². The molecular formula is C18H27NO9S. The molecule has 1 aromatic rings. The first-order valence-electron chi connectivity index (χ1n) is 8.72. The third-order valence-electron chi connectivity index (χ3n) is 3.88. The Labute approximate surface area is 169 Å². The molecule has 5 N–H and O–H groups in total. The molecule has 10 nitrogen and oxygen atoms in total. The van der Waals surface area contributed by atoms with Gasteiger partial charge in [-0.1, -0.05) is 6.07 Å². The molecule has 29 heavy (non-hydrogen) atoms. The van der Waals surface area contributed by atoms with Gasteiger partial charge in [0.25, 0.3) is 0 Å². The van der Waals surface area contributed by atoms with E-state index in [1.807, 2.05) is 0 Å². The Morgan fingerprint density at radius 2 is 1.86 bits per heavy atom. The summed E-state index contributed by atoms with van der Waals surface area (Å²) in [7, 11) is -3.66. The first-order chi connectivity index (χ1) is 13.2. The van der Waals surface area contributed by atoms with Crippen LogP contribution in [-0.2, 0) is 19.4 Å². The zero-order valence-corrected chi connectivity index (χ0v) is 17.3. The van der Waals surface area contributed by atoms with E-state index in [1.54, 1.807) is 20.8 Å². The van der Waals surface area contributed by atoms with Crippen LogP contribution in [0.2, 0.25) is 0 Å². The predicted octanol–water partition coefficient (Wildman–Crippen LogP) is 0.690. The summed E-state index contributed by atoms with van der Waals surface area (Å²) in [5.74, 6) is -1.28. The van der Waals surface area contributed by atoms with Gasteiger partial charge in [0.05, 0.1) is 16.2 Å². The lowest BCUT2D eigenvalue weighted by molar-refractivity contribution is -0.148. The number of aliphatic carboxylic acids is 1. The largest absolute Gasteiger partial charge is 0.490 e. The molecule has 0 radical (unpaired) electrons. The summed E-state index contributed by atoms with van der Waals surface area (Å²) >= 11 is 0. The van der Waals surface area contributed by atoms with Crippen LogP contribution in [0.25, 0.3) is 0 Å². The summed E-state index contributed by atoms with van der Waals surface area (Å²) in [5.41, 5.74) is 4.26. The number of carboxylic acid groups (broad SMARTS) is 1. The molecule has 2 rings (SSSR count). The molecular weight excluding hydrogens is 406 g/mol. The lowest BCUT2D eigenvalue weighted by atomic mass is 10.2. The maximum Gasteiger partial charge on any atom is 0.405 e. The van der Waals surface area contributed by atoms with Crippen molar-refractivity contribution in [3.63, 3.8) is 0 Å². The number of hydrogen-bond donors (Lipinski definition) is 4. The van der Waals surface area contributed by atoms with Crippen molar-refractivity contribution in [2.75, 3.05) is 13.2 Å². The topological polar surface area (TPSA) is 173 Å². The Morgan fingerprint density at radius 1 is 1.28 bits per heavy atom. The second-order valence-electron chi connectivity index (χ2n) is 7.52. The quantitative estimate of drug-likeness (QED) is 0.482. The SMILES string of the molecule is CC(C)(C)OC(N)=O.O=C(O)C(O)COc1cccc(S(=O)(=O)C2(CO)CC2)c1. The molecule has 1 fully saturated rings. The zero-order chi connectivity index (χ0) is 22.5. The van der Waals surface area contributed by atoms with Gasteiger partial charge in [-0.15, -0.1) is 0 Å². The Bertz CT molecular complexity index is 826. The van der Waals surface area contributed by atoms with E-state index in [2.05, 4.69) is 4.74 Å². The third kappa shape index (κ3) is 7.18. The van der Waals surface area contributed by atoms with Gasteiger partial charge < -0.3 is 30.5 Å². The van der Waals surface area contributed by atoms with E-state index in [0.717, 1.165) is 0 Å². The molecule has 1 amide bonds. The number of rotatable bonds is 7. The van der Waals surface area contributed by atoms with Gasteiger partial charge in [-0.2, -0.15) is 0 Å². The van der Waals surface area contributed by atoms with Gasteiger partial charge in [0.2, 0.25) is 0 Å². The molecule has 1 aromatic carbocycles. The number of aliphatic hydroxyl groups is 2. The molecule has 1 saturated carbocycles. The van der Waals surface area contributed by atoms with Crippen molar-refractivity contribution in [3.05, 3.63) is 24.3 Å². The zero-order valence-electron chi connectivity index (χ0n) is 16.5. The fraction of sp³-hybridized carbons (Fsp3) is 0.556. The molecule has 0 saturated heterocycles. The van der Waals surface area contributed by atoms with Crippen LogP contribution in [0.3, 0.4) is 0 Å². The van der Waals surface area contributed by atoms with Crippen LogP contribution >= 0.6 is 0 Å². The van der Waals surface area contributed by atoms with Gasteiger partial charge in [-0.05, 0) is 51.8 Å². The van der Waals surface area contributed by atoms with Crippen LogP contribution in [-0.4, -0.2) is 65.5 Å². The van der Waals surface area contributed by atoms with Crippen LogP contribution in [0.5, 0.6) is 5.75 Å². The number of carbonyl (C=O) groups is 2. The van der Waals surface area contributed by atoms with E-state index >= 15 is 0 Å². The van der Waals surface area contributed by atoms with Gasteiger partial charge in [0.15, 0.2) is 15.9 Å². The van der Waals surface area contributed by atoms with E-state index in [-0.39, 0.29) is 10.6 Å². The van der Waals surface area contributed by atoms with Gasteiger partial charge in [-0.3, -0.25) is 0 Å². The Hall–Kier alpha value is -2.37. The highest BCUT2D eigenvalue weighted by Crippen LogP contribution is 2.46. The molecule has 1 aliphatic rings. The van der Waals surface area contributed by atoms with E-state index in [4.69, 9.17) is 20.7 Å². The molecule has 1 unspecified atom stereocenters. The second-order valence-corrected chi connectivity index (χ2v) is 9.86. The minimum Gasteiger partial charge on any atom is -0.490 e. The van der Waals surface area contributed by atoms with Gasteiger partial charge in [0, 0.05) is 0 Å². The number of carboxylic acids is 1. The summed E-state index contributed by atoms with van der Waals surface area (Å²) in [6, 6.07) is 5.58. The van der Waals surface area contributed by atoms with Crippen LogP contribution < -0.4 is 10.5 Å². The van der Waals surface area contributed by atoms with Gasteiger partial charge >= 0.3 is 12.1 Å². The van der Waals surface area contributed by atoms with Gasteiger partial charge in [-0.25, -0.2) is 18.0 Å². The van der Waals surface area contributed by atoms with Crippen LogP contribution in [0.4, 0.5) is 4.79 Å². The van der Waals surface area contributed by atoms with Crippen molar-refractivity contribution in [2.45, 2.75) is 55.0 Å². The summed E-state index contributed by atoms with van der Waals surface area (Å²) in [6.45, 7) is 4.37. The standard InChI is InChI=1S/C13H16O7S.C5H11NO2/c14-8-13(4-5-13)21(18,19)10-3-1-2-9(6-10)20-7-11(15)12(16)17;1-5(2,3)8-4(6)7/h1-3,6,11,14-15H,4-5,7-8H2,(H,16,17);1-3H3,(H2,6,7). The Kier molecular flexibility index (Phi) is 8.01. The van der Waals surface area contributed by atoms with Crippen molar-refractivity contribution in [3.8, 4) is 5.75 Å². The lowest BCUT2D eigenvalue weighted by Crippen LogP contribution is -2.28. The van der Waals surface area contributed by atoms with Crippen molar-refractivity contribution in [2.24, 2.45) is 5.73 Å².